The lowest BCUT2D eigenvalue weighted by Crippen LogP contribution is -2.72. The first kappa shape index (κ1) is 23.9. The summed E-state index contributed by atoms with van der Waals surface area (Å²) in [6.45, 7) is -0.266. The topological polar surface area (TPSA) is 90.0 Å². The number of anilines is 2. The minimum Gasteiger partial charge on any atom is -0.395 e. The first-order chi connectivity index (χ1) is 17.5. The monoisotopic (exact) mass is 501 g/mol. The highest BCUT2D eigenvalue weighted by atomic mass is 35.5. The summed E-state index contributed by atoms with van der Waals surface area (Å²) < 4.78 is 0. The van der Waals surface area contributed by atoms with Crippen molar-refractivity contribution < 1.29 is 19.5 Å². The summed E-state index contributed by atoms with van der Waals surface area (Å²) >= 11 is 6.03. The Labute approximate surface area is 213 Å². The Morgan fingerprint density at radius 2 is 1.64 bits per heavy atom. The second kappa shape index (κ2) is 10.1. The van der Waals surface area contributed by atoms with E-state index in [-0.39, 0.29) is 25.1 Å². The molecule has 0 bridgehead atoms. The predicted molar refractivity (Wildman–Crippen MR) is 139 cm³/mol. The summed E-state index contributed by atoms with van der Waals surface area (Å²) in [6.07, 6.45) is 3.89. The smallest absolute Gasteiger partial charge is 0.299 e. The molecule has 2 N–H and O–H groups in total. The van der Waals surface area contributed by atoms with Gasteiger partial charge in [-0.05, 0) is 42.0 Å². The van der Waals surface area contributed by atoms with E-state index in [1.165, 1.54) is 4.90 Å². The molecule has 1 fully saturated rings. The van der Waals surface area contributed by atoms with Crippen molar-refractivity contribution in [1.82, 2.24) is 5.32 Å². The molecule has 0 spiro atoms. The first-order valence-corrected chi connectivity index (χ1v) is 12.0. The summed E-state index contributed by atoms with van der Waals surface area (Å²) in [6, 6.07) is 22.0. The van der Waals surface area contributed by atoms with Crippen molar-refractivity contribution in [3.63, 3.8) is 0 Å². The molecule has 36 heavy (non-hydrogen) atoms. The standard InChI is InChI=1S/C28H24ClN3O4/c29-19-11-13-21(14-12-19)32-24(15-10-18-6-2-1-3-7-18)25(27(32)35)30-20(17-33)16-31-23-9-5-4-8-22(23)26(34)28(31)36/h1-15,20,24-25,30,33H,16-17H2/b15-10+/t20?,24-,25+/m0/s1. The third-order valence-corrected chi connectivity index (χ3v) is 6.70. The van der Waals surface area contributed by atoms with Gasteiger partial charge in [-0.25, -0.2) is 0 Å². The van der Waals surface area contributed by atoms with E-state index in [0.29, 0.717) is 22.0 Å². The van der Waals surface area contributed by atoms with Crippen LogP contribution in [-0.4, -0.2) is 54.0 Å². The number of para-hydroxylation sites is 1. The van der Waals surface area contributed by atoms with E-state index in [9.17, 15) is 19.5 Å². The molecule has 2 aliphatic heterocycles. The molecular formula is C28H24ClN3O4. The fraction of sp³-hybridized carbons (Fsp3) is 0.179. The van der Waals surface area contributed by atoms with Gasteiger partial charge in [0.1, 0.15) is 6.04 Å². The van der Waals surface area contributed by atoms with E-state index in [0.717, 1.165) is 5.56 Å². The molecule has 2 amide bonds. The number of carbonyl (C=O) groups is 3. The summed E-state index contributed by atoms with van der Waals surface area (Å²) in [5.41, 5.74) is 2.55. The van der Waals surface area contributed by atoms with E-state index in [1.54, 1.807) is 53.4 Å². The van der Waals surface area contributed by atoms with Crippen LogP contribution in [0.3, 0.4) is 0 Å². The first-order valence-electron chi connectivity index (χ1n) is 11.6. The molecule has 5 rings (SSSR count). The second-order valence-electron chi connectivity index (χ2n) is 8.73. The minimum atomic E-state index is -0.639. The fourth-order valence-electron chi connectivity index (χ4n) is 4.62. The predicted octanol–water partition coefficient (Wildman–Crippen LogP) is 3.32. The number of halogens is 1. The van der Waals surface area contributed by atoms with Crippen LogP contribution >= 0.6 is 11.6 Å². The third-order valence-electron chi connectivity index (χ3n) is 6.45. The zero-order chi connectivity index (χ0) is 25.2. The molecule has 0 aromatic heterocycles. The van der Waals surface area contributed by atoms with Gasteiger partial charge in [0.15, 0.2) is 0 Å². The molecular weight excluding hydrogens is 478 g/mol. The summed E-state index contributed by atoms with van der Waals surface area (Å²) in [5, 5.41) is 13.9. The van der Waals surface area contributed by atoms with Crippen LogP contribution in [0.2, 0.25) is 5.02 Å². The van der Waals surface area contributed by atoms with Crippen LogP contribution in [0.5, 0.6) is 0 Å². The molecule has 3 aromatic carbocycles. The Hall–Kier alpha value is -3.78. The summed E-state index contributed by atoms with van der Waals surface area (Å²) in [5.74, 6) is -1.37. The van der Waals surface area contributed by atoms with Crippen LogP contribution in [0, 0.1) is 0 Å². The number of rotatable bonds is 8. The minimum absolute atomic E-state index is 0.0535. The Kier molecular flexibility index (Phi) is 6.69. The van der Waals surface area contributed by atoms with E-state index in [1.807, 2.05) is 42.5 Å². The molecule has 2 aliphatic rings. The number of benzene rings is 3. The number of hydrogen-bond donors (Lipinski definition) is 2. The van der Waals surface area contributed by atoms with Crippen molar-refractivity contribution in [3.05, 3.63) is 101 Å². The van der Waals surface area contributed by atoms with Gasteiger partial charge in [-0.3, -0.25) is 19.7 Å². The van der Waals surface area contributed by atoms with Gasteiger partial charge in [-0.1, -0.05) is 66.2 Å². The maximum Gasteiger partial charge on any atom is 0.299 e. The molecule has 0 aliphatic carbocycles. The van der Waals surface area contributed by atoms with Crippen molar-refractivity contribution in [2.45, 2.75) is 18.1 Å². The van der Waals surface area contributed by atoms with Gasteiger partial charge < -0.3 is 14.9 Å². The third kappa shape index (κ3) is 4.44. The molecule has 3 aromatic rings. The molecule has 2 heterocycles. The summed E-state index contributed by atoms with van der Waals surface area (Å²) in [7, 11) is 0. The number of β-lactam (4-membered cyclic amide) rings is 1. The van der Waals surface area contributed by atoms with Gasteiger partial charge in [0.25, 0.3) is 11.7 Å². The largest absolute Gasteiger partial charge is 0.395 e. The van der Waals surface area contributed by atoms with E-state index < -0.39 is 23.8 Å². The van der Waals surface area contributed by atoms with Crippen molar-refractivity contribution in [1.29, 1.82) is 0 Å². The second-order valence-corrected chi connectivity index (χ2v) is 9.17. The van der Waals surface area contributed by atoms with Crippen molar-refractivity contribution in [2.24, 2.45) is 0 Å². The Morgan fingerprint density at radius 1 is 0.944 bits per heavy atom. The Balaban J connectivity index is 1.37. The highest BCUT2D eigenvalue weighted by Crippen LogP contribution is 2.32. The van der Waals surface area contributed by atoms with Gasteiger partial charge in [0, 0.05) is 23.3 Å². The van der Waals surface area contributed by atoms with Crippen LogP contribution in [0.15, 0.2) is 84.9 Å². The number of fused-ring (bicyclic) bond motifs is 1. The average molecular weight is 502 g/mol. The summed E-state index contributed by atoms with van der Waals surface area (Å²) in [4.78, 5) is 41.2. The number of carbonyl (C=O) groups excluding carboxylic acids is 3. The normalized spacial score (nSPS) is 20.1. The number of nitrogens with one attached hydrogen (secondary N) is 1. The molecule has 3 atom stereocenters. The van der Waals surface area contributed by atoms with Crippen molar-refractivity contribution >= 4 is 46.6 Å². The van der Waals surface area contributed by atoms with Gasteiger partial charge in [0.2, 0.25) is 5.91 Å². The van der Waals surface area contributed by atoms with Gasteiger partial charge in [-0.15, -0.1) is 0 Å². The number of nitrogens with zero attached hydrogens (tertiary/aromatic N) is 2. The SMILES string of the molecule is O=C1C(=O)N(CC(CO)N[C@H]2C(=O)N(c3ccc(Cl)cc3)[C@H]2/C=C/c2ccccc2)c2ccccc21. The lowest BCUT2D eigenvalue weighted by Gasteiger charge is -2.47. The number of hydrogen-bond acceptors (Lipinski definition) is 5. The molecule has 182 valence electrons. The number of aliphatic hydroxyl groups excluding tert-OH is 1. The van der Waals surface area contributed by atoms with Gasteiger partial charge in [0.05, 0.1) is 23.9 Å². The van der Waals surface area contributed by atoms with Crippen molar-refractivity contribution in [3.8, 4) is 0 Å². The lowest BCUT2D eigenvalue weighted by atomic mass is 9.91. The van der Waals surface area contributed by atoms with E-state index in [2.05, 4.69) is 5.32 Å². The van der Waals surface area contributed by atoms with Crippen LogP contribution < -0.4 is 15.1 Å². The molecule has 7 nitrogen and oxygen atoms in total. The Morgan fingerprint density at radius 3 is 2.36 bits per heavy atom. The maximum atomic E-state index is 13.3. The number of ketones is 1. The molecule has 1 saturated heterocycles. The molecule has 1 unspecified atom stereocenters. The van der Waals surface area contributed by atoms with Crippen LogP contribution in [0.1, 0.15) is 15.9 Å². The highest BCUT2D eigenvalue weighted by Gasteiger charge is 2.48. The number of aliphatic hydroxyl groups is 1. The molecule has 0 radical (unpaired) electrons. The number of amides is 2. The molecule has 8 heteroatoms. The average Bonchev–Trinajstić information content (AvgIpc) is 3.15. The fourth-order valence-corrected chi connectivity index (χ4v) is 4.74. The van der Waals surface area contributed by atoms with Crippen molar-refractivity contribution in [2.75, 3.05) is 23.0 Å². The highest BCUT2D eigenvalue weighted by molar-refractivity contribution is 6.52. The van der Waals surface area contributed by atoms with E-state index in [4.69, 9.17) is 11.6 Å². The maximum absolute atomic E-state index is 13.3. The Bertz CT molecular complexity index is 1330. The lowest BCUT2D eigenvalue weighted by molar-refractivity contribution is -0.126. The number of Topliss-reactive ketones (excluding diaryl/α,β-unsaturated/α-hetero) is 1. The zero-order valence-electron chi connectivity index (χ0n) is 19.3. The zero-order valence-corrected chi connectivity index (χ0v) is 20.0. The van der Waals surface area contributed by atoms with Crippen LogP contribution in [-0.2, 0) is 9.59 Å². The van der Waals surface area contributed by atoms with Gasteiger partial charge >= 0.3 is 0 Å². The van der Waals surface area contributed by atoms with Crippen LogP contribution in [0.25, 0.3) is 6.08 Å². The quantitative estimate of drug-likeness (QED) is 0.365. The molecule has 0 saturated carbocycles. The van der Waals surface area contributed by atoms with Crippen LogP contribution in [0.4, 0.5) is 11.4 Å². The van der Waals surface area contributed by atoms with E-state index >= 15 is 0 Å². The van der Waals surface area contributed by atoms with Gasteiger partial charge in [-0.2, -0.15) is 0 Å².